The number of aromatic nitrogens is 1. The molecule has 0 unspecified atom stereocenters. The quantitative estimate of drug-likeness (QED) is 0.774. The molecule has 2 aromatic rings. The number of aromatic amines is 1. The van der Waals surface area contributed by atoms with Crippen LogP contribution in [0.15, 0.2) is 44.8 Å². The summed E-state index contributed by atoms with van der Waals surface area (Å²) in [6.45, 7) is 3.73. The van der Waals surface area contributed by atoms with Crippen LogP contribution >= 0.6 is 27.5 Å². The zero-order valence-corrected chi connectivity index (χ0v) is 15.4. The SMILES string of the molecule is CC(C)Oc1ccc(S(=O)(=O)Nc2c[nH]cc(Cl)c2=O)cc1Br. The maximum Gasteiger partial charge on any atom is 0.262 e. The molecule has 0 aliphatic rings. The molecule has 0 saturated heterocycles. The normalized spacial score (nSPS) is 11.5. The minimum atomic E-state index is -3.93. The molecule has 2 N–H and O–H groups in total. The van der Waals surface area contributed by atoms with Crippen LogP contribution in [0.25, 0.3) is 0 Å². The number of benzene rings is 1. The van der Waals surface area contributed by atoms with Crippen molar-refractivity contribution in [1.29, 1.82) is 0 Å². The first kappa shape index (κ1) is 17.8. The fraction of sp³-hybridized carbons (Fsp3) is 0.214. The molecule has 0 radical (unpaired) electrons. The van der Waals surface area contributed by atoms with Crippen LogP contribution in [0.3, 0.4) is 0 Å². The van der Waals surface area contributed by atoms with Gasteiger partial charge in [0.15, 0.2) is 0 Å². The Balaban J connectivity index is 2.35. The van der Waals surface area contributed by atoms with E-state index in [0.29, 0.717) is 10.2 Å². The second-order valence-electron chi connectivity index (χ2n) is 4.91. The molecule has 1 aromatic carbocycles. The number of hydrogen-bond donors (Lipinski definition) is 2. The molecule has 2 rings (SSSR count). The molecule has 0 atom stereocenters. The van der Waals surface area contributed by atoms with Crippen LogP contribution in [0.2, 0.25) is 5.02 Å². The van der Waals surface area contributed by atoms with Crippen molar-refractivity contribution in [3.05, 3.63) is 50.3 Å². The molecular weight excluding hydrogens is 408 g/mol. The molecule has 23 heavy (non-hydrogen) atoms. The van der Waals surface area contributed by atoms with E-state index >= 15 is 0 Å². The number of nitrogens with one attached hydrogen (secondary N) is 2. The largest absolute Gasteiger partial charge is 0.490 e. The van der Waals surface area contributed by atoms with E-state index < -0.39 is 15.5 Å². The highest BCUT2D eigenvalue weighted by Gasteiger charge is 2.18. The number of hydrogen-bond acceptors (Lipinski definition) is 4. The highest BCUT2D eigenvalue weighted by molar-refractivity contribution is 9.10. The van der Waals surface area contributed by atoms with Crippen molar-refractivity contribution in [1.82, 2.24) is 4.98 Å². The van der Waals surface area contributed by atoms with E-state index in [2.05, 4.69) is 25.6 Å². The topological polar surface area (TPSA) is 88.3 Å². The molecule has 1 heterocycles. The Kier molecular flexibility index (Phi) is 5.38. The lowest BCUT2D eigenvalue weighted by Crippen LogP contribution is -2.19. The van der Waals surface area contributed by atoms with Gasteiger partial charge in [-0.05, 0) is 48.0 Å². The summed E-state index contributed by atoms with van der Waals surface area (Å²) >= 11 is 8.95. The van der Waals surface area contributed by atoms with Crippen LogP contribution in [0, 0.1) is 0 Å². The number of ether oxygens (including phenoxy) is 1. The van der Waals surface area contributed by atoms with Crippen molar-refractivity contribution in [3.8, 4) is 5.75 Å². The van der Waals surface area contributed by atoms with Gasteiger partial charge in [0.2, 0.25) is 5.43 Å². The van der Waals surface area contributed by atoms with Gasteiger partial charge < -0.3 is 9.72 Å². The smallest absolute Gasteiger partial charge is 0.262 e. The van der Waals surface area contributed by atoms with Crippen molar-refractivity contribution >= 4 is 43.2 Å². The minimum Gasteiger partial charge on any atom is -0.490 e. The standard InChI is InChI=1S/C14H14BrClN2O4S/c1-8(2)22-13-4-3-9(5-10(13)15)23(20,21)18-12-7-17-6-11(16)14(12)19/h3-8,18H,1-2H3,(H,17,19). The second-order valence-corrected chi connectivity index (χ2v) is 7.85. The zero-order valence-electron chi connectivity index (χ0n) is 12.3. The van der Waals surface area contributed by atoms with E-state index in [1.807, 2.05) is 13.8 Å². The van der Waals surface area contributed by atoms with Crippen molar-refractivity contribution in [2.24, 2.45) is 0 Å². The van der Waals surface area contributed by atoms with Gasteiger partial charge in [-0.15, -0.1) is 0 Å². The lowest BCUT2D eigenvalue weighted by atomic mass is 10.3. The molecule has 0 aliphatic carbocycles. The Labute approximate surface area is 147 Å². The maximum absolute atomic E-state index is 12.4. The van der Waals surface area contributed by atoms with Crippen LogP contribution < -0.4 is 14.9 Å². The summed E-state index contributed by atoms with van der Waals surface area (Å²) in [6, 6.07) is 4.34. The molecule has 6 nitrogen and oxygen atoms in total. The second kappa shape index (κ2) is 6.94. The first-order valence-electron chi connectivity index (χ1n) is 6.56. The van der Waals surface area contributed by atoms with Gasteiger partial charge in [-0.1, -0.05) is 11.6 Å². The molecule has 0 fully saturated rings. The Bertz CT molecular complexity index is 881. The third-order valence-corrected chi connectivity index (χ3v) is 4.98. The van der Waals surface area contributed by atoms with Crippen molar-refractivity contribution in [2.45, 2.75) is 24.8 Å². The molecule has 0 saturated carbocycles. The van der Waals surface area contributed by atoms with Gasteiger partial charge in [0, 0.05) is 12.4 Å². The minimum absolute atomic E-state index is 0.0140. The average molecular weight is 422 g/mol. The lowest BCUT2D eigenvalue weighted by molar-refractivity contribution is 0.240. The van der Waals surface area contributed by atoms with Gasteiger partial charge in [0.1, 0.15) is 16.5 Å². The van der Waals surface area contributed by atoms with Crippen LogP contribution in [0.1, 0.15) is 13.8 Å². The molecule has 0 aliphatic heterocycles. The monoisotopic (exact) mass is 420 g/mol. The molecule has 9 heteroatoms. The van der Waals surface area contributed by atoms with Gasteiger partial charge >= 0.3 is 0 Å². The summed E-state index contributed by atoms with van der Waals surface area (Å²) in [6.07, 6.45) is 2.46. The highest BCUT2D eigenvalue weighted by atomic mass is 79.9. The molecule has 0 spiro atoms. The van der Waals surface area contributed by atoms with Crippen LogP contribution in [-0.2, 0) is 10.0 Å². The Morgan fingerprint density at radius 3 is 2.61 bits per heavy atom. The summed E-state index contributed by atoms with van der Waals surface area (Å²) in [7, 11) is -3.93. The van der Waals surface area contributed by atoms with Crippen molar-refractivity contribution in [3.63, 3.8) is 0 Å². The number of sulfonamides is 1. The predicted octanol–water partition coefficient (Wildman–Crippen LogP) is 3.38. The van der Waals surface area contributed by atoms with E-state index in [-0.39, 0.29) is 21.7 Å². The van der Waals surface area contributed by atoms with E-state index in [1.165, 1.54) is 24.5 Å². The fourth-order valence-electron chi connectivity index (χ4n) is 1.74. The Morgan fingerprint density at radius 1 is 1.30 bits per heavy atom. The number of H-pyrrole nitrogens is 1. The van der Waals surface area contributed by atoms with Crippen molar-refractivity contribution in [2.75, 3.05) is 4.72 Å². The lowest BCUT2D eigenvalue weighted by Gasteiger charge is -2.13. The van der Waals surface area contributed by atoms with Gasteiger partial charge in [0.25, 0.3) is 10.0 Å². The van der Waals surface area contributed by atoms with Gasteiger partial charge in [-0.3, -0.25) is 9.52 Å². The third kappa shape index (κ3) is 4.27. The Hall–Kier alpha value is -1.51. The first-order valence-corrected chi connectivity index (χ1v) is 9.22. The predicted molar refractivity (Wildman–Crippen MR) is 92.8 cm³/mol. The summed E-state index contributed by atoms with van der Waals surface area (Å²) in [5.41, 5.74) is -0.760. The number of pyridine rings is 1. The summed E-state index contributed by atoms with van der Waals surface area (Å²) in [4.78, 5) is 14.4. The highest BCUT2D eigenvalue weighted by Crippen LogP contribution is 2.29. The zero-order chi connectivity index (χ0) is 17.2. The first-order chi connectivity index (χ1) is 10.7. The maximum atomic E-state index is 12.4. The Morgan fingerprint density at radius 2 is 2.00 bits per heavy atom. The number of halogens is 2. The van der Waals surface area contributed by atoms with Crippen LogP contribution in [-0.4, -0.2) is 19.5 Å². The van der Waals surface area contributed by atoms with Crippen LogP contribution in [0.4, 0.5) is 5.69 Å². The molecular formula is C14H14BrClN2O4S. The van der Waals surface area contributed by atoms with E-state index in [9.17, 15) is 13.2 Å². The molecule has 0 amide bonds. The molecule has 0 bridgehead atoms. The number of anilines is 1. The number of rotatable bonds is 5. The average Bonchev–Trinajstić information content (AvgIpc) is 2.45. The molecule has 124 valence electrons. The van der Waals surface area contributed by atoms with Crippen LogP contribution in [0.5, 0.6) is 5.75 Å². The van der Waals surface area contributed by atoms with Gasteiger partial charge in [-0.25, -0.2) is 8.42 Å². The summed E-state index contributed by atoms with van der Waals surface area (Å²) < 4.78 is 33.0. The fourth-order valence-corrected chi connectivity index (χ4v) is 3.60. The third-order valence-electron chi connectivity index (χ3n) is 2.72. The van der Waals surface area contributed by atoms with Gasteiger partial charge in [0.05, 0.1) is 15.5 Å². The van der Waals surface area contributed by atoms with E-state index in [1.54, 1.807) is 6.07 Å². The summed E-state index contributed by atoms with van der Waals surface area (Å²) in [5.74, 6) is 0.527. The van der Waals surface area contributed by atoms with Crippen molar-refractivity contribution < 1.29 is 13.2 Å². The van der Waals surface area contributed by atoms with E-state index in [0.717, 1.165) is 0 Å². The van der Waals surface area contributed by atoms with E-state index in [4.69, 9.17) is 16.3 Å². The van der Waals surface area contributed by atoms with Gasteiger partial charge in [-0.2, -0.15) is 0 Å². The molecule has 1 aromatic heterocycles. The summed E-state index contributed by atoms with van der Waals surface area (Å²) in [5, 5.41) is -0.105.